The molecule has 0 radical (unpaired) electrons. The van der Waals surface area contributed by atoms with Crippen molar-refractivity contribution in [3.63, 3.8) is 0 Å². The van der Waals surface area contributed by atoms with E-state index in [-0.39, 0.29) is 5.41 Å². The highest BCUT2D eigenvalue weighted by Gasteiger charge is 2.28. The lowest BCUT2D eigenvalue weighted by Gasteiger charge is -2.30. The monoisotopic (exact) mass is 338 g/mol. The van der Waals surface area contributed by atoms with Crippen LogP contribution in [0.3, 0.4) is 0 Å². The molecule has 4 heteroatoms. The van der Waals surface area contributed by atoms with Crippen molar-refractivity contribution in [1.82, 2.24) is 5.32 Å². The third kappa shape index (κ3) is 5.79. The van der Waals surface area contributed by atoms with Crippen LogP contribution in [0.1, 0.15) is 45.6 Å². The first-order chi connectivity index (χ1) is 11.8. The molecule has 0 bridgehead atoms. The van der Waals surface area contributed by atoms with Crippen LogP contribution in [-0.2, 0) is 4.74 Å². The Morgan fingerprint density at radius 2 is 2.04 bits per heavy atom. The number of nitrogens with zero attached hydrogens (tertiary/aromatic N) is 1. The average molecular weight is 338 g/mol. The van der Waals surface area contributed by atoms with Gasteiger partial charge in [-0.05, 0) is 44.7 Å². The maximum Gasteiger partial charge on any atom is 0.407 e. The van der Waals surface area contributed by atoms with E-state index >= 15 is 0 Å². The van der Waals surface area contributed by atoms with Crippen molar-refractivity contribution in [2.75, 3.05) is 6.54 Å². The zero-order chi connectivity index (χ0) is 18.3. The second kappa shape index (κ2) is 8.02. The highest BCUT2D eigenvalue weighted by molar-refractivity contribution is 5.75. The summed E-state index contributed by atoms with van der Waals surface area (Å²) in [6, 6.07) is 12.5. The molecule has 1 amide bonds. The lowest BCUT2D eigenvalue weighted by atomic mass is 9.74. The molecule has 0 aromatic heterocycles. The topological polar surface area (TPSA) is 62.1 Å². The van der Waals surface area contributed by atoms with Crippen LogP contribution >= 0.6 is 0 Å². The molecule has 1 unspecified atom stereocenters. The van der Waals surface area contributed by atoms with Crippen molar-refractivity contribution >= 4 is 11.7 Å². The van der Waals surface area contributed by atoms with Gasteiger partial charge in [0.05, 0.1) is 6.07 Å². The van der Waals surface area contributed by atoms with Crippen LogP contribution in [0.25, 0.3) is 5.57 Å². The number of allylic oxidation sites excluding steroid dienone is 4. The highest BCUT2D eigenvalue weighted by Crippen LogP contribution is 2.38. The van der Waals surface area contributed by atoms with Crippen molar-refractivity contribution in [3.8, 4) is 6.07 Å². The summed E-state index contributed by atoms with van der Waals surface area (Å²) in [4.78, 5) is 11.8. The molecule has 0 fully saturated rings. The molecule has 1 aromatic carbocycles. The average Bonchev–Trinajstić information content (AvgIpc) is 2.55. The van der Waals surface area contributed by atoms with E-state index in [0.717, 1.165) is 6.42 Å². The fourth-order valence-electron chi connectivity index (χ4n) is 2.85. The Bertz CT molecular complexity index is 693. The fourth-order valence-corrected chi connectivity index (χ4v) is 2.85. The Morgan fingerprint density at radius 1 is 1.32 bits per heavy atom. The molecule has 0 heterocycles. The minimum atomic E-state index is -0.507. The van der Waals surface area contributed by atoms with Crippen LogP contribution in [0.2, 0.25) is 0 Å². The second-order valence-corrected chi connectivity index (χ2v) is 7.44. The molecular formula is C21H26N2O2. The number of hydrogen-bond acceptors (Lipinski definition) is 3. The van der Waals surface area contributed by atoms with Gasteiger partial charge < -0.3 is 10.1 Å². The SMILES string of the molecule is CC(C)(C)OC(=O)NCCC1(CC#N)C=CC(c2ccccc2)=CC1. The summed E-state index contributed by atoms with van der Waals surface area (Å²) in [7, 11) is 0. The lowest BCUT2D eigenvalue weighted by molar-refractivity contribution is 0.0522. The summed E-state index contributed by atoms with van der Waals surface area (Å²) in [6.45, 7) is 5.99. The van der Waals surface area contributed by atoms with Gasteiger partial charge in [-0.25, -0.2) is 4.79 Å². The molecule has 1 aliphatic carbocycles. The summed E-state index contributed by atoms with van der Waals surface area (Å²) < 4.78 is 5.25. The second-order valence-electron chi connectivity index (χ2n) is 7.44. The highest BCUT2D eigenvalue weighted by atomic mass is 16.6. The van der Waals surface area contributed by atoms with Gasteiger partial charge in [0.15, 0.2) is 0 Å². The number of benzene rings is 1. The smallest absolute Gasteiger partial charge is 0.407 e. The van der Waals surface area contributed by atoms with Gasteiger partial charge in [-0.2, -0.15) is 5.26 Å². The summed E-state index contributed by atoms with van der Waals surface area (Å²) in [5.74, 6) is 0. The van der Waals surface area contributed by atoms with Crippen molar-refractivity contribution < 1.29 is 9.53 Å². The Balaban J connectivity index is 1.95. The number of ether oxygens (including phenoxy) is 1. The first kappa shape index (κ1) is 18.8. The largest absolute Gasteiger partial charge is 0.444 e. The maximum absolute atomic E-state index is 11.8. The number of rotatable bonds is 5. The molecular weight excluding hydrogens is 312 g/mol. The van der Waals surface area contributed by atoms with E-state index in [1.165, 1.54) is 11.1 Å². The van der Waals surface area contributed by atoms with Gasteiger partial charge in [0.2, 0.25) is 0 Å². The zero-order valence-electron chi connectivity index (χ0n) is 15.2. The quantitative estimate of drug-likeness (QED) is 0.835. The molecule has 1 N–H and O–H groups in total. The molecule has 4 nitrogen and oxygen atoms in total. The van der Waals surface area contributed by atoms with Crippen molar-refractivity contribution in [2.24, 2.45) is 5.41 Å². The van der Waals surface area contributed by atoms with E-state index < -0.39 is 11.7 Å². The van der Waals surface area contributed by atoms with Crippen LogP contribution in [0.4, 0.5) is 4.79 Å². The van der Waals surface area contributed by atoms with E-state index in [2.05, 4.69) is 41.7 Å². The minimum absolute atomic E-state index is 0.234. The van der Waals surface area contributed by atoms with Crippen LogP contribution in [0.15, 0.2) is 48.6 Å². The van der Waals surface area contributed by atoms with Gasteiger partial charge in [0.25, 0.3) is 0 Å². The zero-order valence-corrected chi connectivity index (χ0v) is 15.2. The Labute approximate surface area is 150 Å². The minimum Gasteiger partial charge on any atom is -0.444 e. The van der Waals surface area contributed by atoms with E-state index in [1.807, 2.05) is 39.0 Å². The summed E-state index contributed by atoms with van der Waals surface area (Å²) in [5, 5.41) is 12.0. The number of alkyl carbamates (subject to hydrolysis) is 1. The normalized spacial score (nSPS) is 19.7. The number of hydrogen-bond donors (Lipinski definition) is 1. The summed E-state index contributed by atoms with van der Waals surface area (Å²) in [5.41, 5.74) is 1.61. The predicted octanol–water partition coefficient (Wildman–Crippen LogP) is 4.84. The van der Waals surface area contributed by atoms with Gasteiger partial charge in [-0.1, -0.05) is 48.6 Å². The molecule has 0 aliphatic heterocycles. The van der Waals surface area contributed by atoms with Gasteiger partial charge in [0.1, 0.15) is 5.60 Å². The molecule has 1 atom stereocenters. The van der Waals surface area contributed by atoms with Crippen LogP contribution in [-0.4, -0.2) is 18.2 Å². The molecule has 2 rings (SSSR count). The third-order valence-corrected chi connectivity index (χ3v) is 4.17. The first-order valence-corrected chi connectivity index (χ1v) is 8.62. The van der Waals surface area contributed by atoms with Crippen molar-refractivity contribution in [1.29, 1.82) is 5.26 Å². The number of amides is 1. The molecule has 0 saturated carbocycles. The molecule has 0 spiro atoms. The van der Waals surface area contributed by atoms with Crippen LogP contribution in [0, 0.1) is 16.7 Å². The van der Waals surface area contributed by atoms with E-state index in [0.29, 0.717) is 19.4 Å². The Kier molecular flexibility index (Phi) is 6.03. The Morgan fingerprint density at radius 3 is 2.60 bits per heavy atom. The summed E-state index contributed by atoms with van der Waals surface area (Å²) >= 11 is 0. The lowest BCUT2D eigenvalue weighted by Crippen LogP contribution is -2.35. The van der Waals surface area contributed by atoms with Crippen molar-refractivity contribution in [2.45, 2.75) is 45.6 Å². The van der Waals surface area contributed by atoms with Crippen molar-refractivity contribution in [3.05, 3.63) is 54.1 Å². The van der Waals surface area contributed by atoms with Gasteiger partial charge in [0, 0.05) is 18.4 Å². The summed E-state index contributed by atoms with van der Waals surface area (Å²) in [6.07, 6.45) is 7.89. The molecule has 1 aliphatic rings. The molecule has 25 heavy (non-hydrogen) atoms. The molecule has 0 saturated heterocycles. The number of carbonyl (C=O) groups excluding carboxylic acids is 1. The van der Waals surface area contributed by atoms with Crippen LogP contribution in [0.5, 0.6) is 0 Å². The number of nitriles is 1. The standard InChI is InChI=1S/C21H26N2O2/c1-20(2,3)25-19(24)23-16-14-21(13-15-22)11-9-18(10-12-21)17-7-5-4-6-8-17/h4-11H,12-14,16H2,1-3H3,(H,23,24). The third-order valence-electron chi connectivity index (χ3n) is 4.17. The maximum atomic E-state index is 11.8. The van der Waals surface area contributed by atoms with E-state index in [1.54, 1.807) is 0 Å². The van der Waals surface area contributed by atoms with Gasteiger partial charge >= 0.3 is 6.09 Å². The van der Waals surface area contributed by atoms with E-state index in [9.17, 15) is 10.1 Å². The fraction of sp³-hybridized carbons (Fsp3) is 0.429. The predicted molar refractivity (Wildman–Crippen MR) is 99.7 cm³/mol. The molecule has 132 valence electrons. The van der Waals surface area contributed by atoms with E-state index in [4.69, 9.17) is 4.74 Å². The molecule has 1 aromatic rings. The van der Waals surface area contributed by atoms with Gasteiger partial charge in [-0.15, -0.1) is 0 Å². The van der Waals surface area contributed by atoms with Gasteiger partial charge in [-0.3, -0.25) is 0 Å². The Hall–Kier alpha value is -2.54. The first-order valence-electron chi connectivity index (χ1n) is 8.62. The number of nitrogens with one attached hydrogen (secondary N) is 1. The van der Waals surface area contributed by atoms with Crippen LogP contribution < -0.4 is 5.32 Å². The number of carbonyl (C=O) groups is 1.